The van der Waals surface area contributed by atoms with Crippen molar-refractivity contribution in [3.63, 3.8) is 0 Å². The number of methoxy groups -OCH3 is 1. The molecule has 112 valence electrons. The van der Waals surface area contributed by atoms with Crippen LogP contribution in [0.3, 0.4) is 0 Å². The quantitative estimate of drug-likeness (QED) is 0.866. The molecule has 1 aromatic rings. The molecule has 1 heterocycles. The minimum Gasteiger partial charge on any atom is -0.493 e. The molecule has 0 aliphatic carbocycles. The number of rotatable bonds is 6. The highest BCUT2D eigenvalue weighted by Crippen LogP contribution is 2.38. The lowest BCUT2D eigenvalue weighted by Crippen LogP contribution is -2.49. The van der Waals surface area contributed by atoms with Gasteiger partial charge in [-0.05, 0) is 43.2 Å². The summed E-state index contributed by atoms with van der Waals surface area (Å²) < 4.78 is 11.5. The molecule has 2 atom stereocenters. The van der Waals surface area contributed by atoms with Crippen LogP contribution in [-0.4, -0.2) is 25.4 Å². The Labute approximate surface area is 122 Å². The van der Waals surface area contributed by atoms with Crippen LogP contribution in [0.2, 0.25) is 0 Å². The maximum Gasteiger partial charge on any atom is 0.122 e. The third-order valence-corrected chi connectivity index (χ3v) is 4.90. The summed E-state index contributed by atoms with van der Waals surface area (Å²) in [5, 5.41) is 0. The Morgan fingerprint density at radius 1 is 1.35 bits per heavy atom. The Bertz CT molecular complexity index is 420. The topological polar surface area (TPSA) is 44.5 Å². The summed E-state index contributed by atoms with van der Waals surface area (Å²) >= 11 is 0. The Morgan fingerprint density at radius 2 is 2.05 bits per heavy atom. The van der Waals surface area contributed by atoms with Gasteiger partial charge in [-0.3, -0.25) is 0 Å². The predicted molar refractivity (Wildman–Crippen MR) is 82.2 cm³/mol. The zero-order valence-electron chi connectivity index (χ0n) is 12.9. The highest BCUT2D eigenvalue weighted by atomic mass is 16.5. The van der Waals surface area contributed by atoms with Crippen molar-refractivity contribution >= 4 is 0 Å². The molecule has 2 unspecified atom stereocenters. The molecule has 20 heavy (non-hydrogen) atoms. The Balaban J connectivity index is 2.15. The molecule has 0 amide bonds. The summed E-state index contributed by atoms with van der Waals surface area (Å²) in [7, 11) is 1.78. The van der Waals surface area contributed by atoms with Crippen molar-refractivity contribution in [2.75, 3.05) is 13.7 Å². The van der Waals surface area contributed by atoms with Crippen LogP contribution < -0.4 is 10.5 Å². The minimum atomic E-state index is -0.201. The number of hydrogen-bond donors (Lipinski definition) is 1. The third-order valence-electron chi connectivity index (χ3n) is 4.90. The highest BCUT2D eigenvalue weighted by molar-refractivity contribution is 5.37. The smallest absolute Gasteiger partial charge is 0.122 e. The number of ether oxygens (including phenoxy) is 2. The predicted octanol–water partition coefficient (Wildman–Crippen LogP) is 3.48. The summed E-state index contributed by atoms with van der Waals surface area (Å²) in [6.07, 6.45) is 3.89. The van der Waals surface area contributed by atoms with Gasteiger partial charge in [0.1, 0.15) is 5.75 Å². The Morgan fingerprint density at radius 3 is 2.70 bits per heavy atom. The van der Waals surface area contributed by atoms with Gasteiger partial charge in [-0.2, -0.15) is 0 Å². The van der Waals surface area contributed by atoms with E-state index in [-0.39, 0.29) is 11.6 Å². The summed E-state index contributed by atoms with van der Waals surface area (Å²) in [5.74, 6) is 1.49. The molecular weight excluding hydrogens is 250 g/mol. The molecule has 3 nitrogen and oxygen atoms in total. The highest BCUT2D eigenvalue weighted by Gasteiger charge is 2.36. The Kier molecular flexibility index (Phi) is 5.06. The van der Waals surface area contributed by atoms with Gasteiger partial charge >= 0.3 is 0 Å². The standard InChI is InChI=1S/C17H27NO2/c1-4-17(5-2,19-3)16(18)12-13-10-11-20-15-9-7-6-8-14(13)15/h6-9,13,16H,4-5,10-12,18H2,1-3H3. The van der Waals surface area contributed by atoms with Gasteiger partial charge in [0, 0.05) is 13.2 Å². The first kappa shape index (κ1) is 15.3. The van der Waals surface area contributed by atoms with Crippen LogP contribution >= 0.6 is 0 Å². The van der Waals surface area contributed by atoms with E-state index in [1.54, 1.807) is 7.11 Å². The average Bonchev–Trinajstić information content (AvgIpc) is 2.50. The number of nitrogens with two attached hydrogens (primary N) is 1. The zero-order chi connectivity index (χ0) is 14.6. The lowest BCUT2D eigenvalue weighted by Gasteiger charge is -2.39. The largest absolute Gasteiger partial charge is 0.493 e. The van der Waals surface area contributed by atoms with Crippen LogP contribution in [0.1, 0.15) is 51.0 Å². The van der Waals surface area contributed by atoms with Crippen molar-refractivity contribution in [3.05, 3.63) is 29.8 Å². The second kappa shape index (κ2) is 6.59. The van der Waals surface area contributed by atoms with E-state index in [9.17, 15) is 0 Å². The van der Waals surface area contributed by atoms with Crippen molar-refractivity contribution in [2.24, 2.45) is 5.73 Å². The monoisotopic (exact) mass is 277 g/mol. The fourth-order valence-corrected chi connectivity index (χ4v) is 3.40. The molecule has 0 saturated carbocycles. The summed E-state index contributed by atoms with van der Waals surface area (Å²) in [4.78, 5) is 0. The van der Waals surface area contributed by atoms with Crippen LogP contribution in [0.5, 0.6) is 5.75 Å². The molecule has 0 saturated heterocycles. The van der Waals surface area contributed by atoms with Crippen LogP contribution in [-0.2, 0) is 4.74 Å². The molecule has 0 radical (unpaired) electrons. The summed E-state index contributed by atoms with van der Waals surface area (Å²) in [5.41, 5.74) is 7.60. The van der Waals surface area contributed by atoms with Crippen LogP contribution in [0.4, 0.5) is 0 Å². The van der Waals surface area contributed by atoms with Gasteiger partial charge in [0.25, 0.3) is 0 Å². The number of fused-ring (bicyclic) bond motifs is 1. The molecule has 1 aliphatic heterocycles. The van der Waals surface area contributed by atoms with Gasteiger partial charge in [-0.1, -0.05) is 32.0 Å². The lowest BCUT2D eigenvalue weighted by molar-refractivity contribution is -0.0415. The van der Waals surface area contributed by atoms with E-state index < -0.39 is 0 Å². The van der Waals surface area contributed by atoms with Crippen molar-refractivity contribution in [2.45, 2.75) is 57.1 Å². The molecule has 2 N–H and O–H groups in total. The first-order valence-electron chi connectivity index (χ1n) is 7.69. The van der Waals surface area contributed by atoms with Gasteiger partial charge in [0.2, 0.25) is 0 Å². The molecular formula is C17H27NO2. The molecule has 0 fully saturated rings. The van der Waals surface area contributed by atoms with Crippen molar-refractivity contribution in [1.29, 1.82) is 0 Å². The van der Waals surface area contributed by atoms with E-state index in [2.05, 4.69) is 32.0 Å². The number of benzene rings is 1. The van der Waals surface area contributed by atoms with Gasteiger partial charge in [-0.15, -0.1) is 0 Å². The van der Waals surface area contributed by atoms with Gasteiger partial charge in [-0.25, -0.2) is 0 Å². The van der Waals surface area contributed by atoms with Crippen molar-refractivity contribution < 1.29 is 9.47 Å². The van der Waals surface area contributed by atoms with Gasteiger partial charge in [0.05, 0.1) is 12.2 Å². The fraction of sp³-hybridized carbons (Fsp3) is 0.647. The first-order chi connectivity index (χ1) is 9.66. The fourth-order valence-electron chi connectivity index (χ4n) is 3.40. The van der Waals surface area contributed by atoms with Crippen LogP contribution in [0, 0.1) is 0 Å². The second-order valence-corrected chi connectivity index (χ2v) is 5.69. The molecule has 3 heteroatoms. The zero-order valence-corrected chi connectivity index (χ0v) is 12.9. The molecule has 0 spiro atoms. The molecule has 1 aromatic carbocycles. The second-order valence-electron chi connectivity index (χ2n) is 5.69. The Hall–Kier alpha value is -1.06. The maximum absolute atomic E-state index is 6.51. The van der Waals surface area contributed by atoms with E-state index in [1.165, 1.54) is 5.56 Å². The van der Waals surface area contributed by atoms with Crippen molar-refractivity contribution in [3.8, 4) is 5.75 Å². The van der Waals surface area contributed by atoms with Crippen LogP contribution in [0.25, 0.3) is 0 Å². The van der Waals surface area contributed by atoms with E-state index in [4.69, 9.17) is 15.2 Å². The first-order valence-corrected chi connectivity index (χ1v) is 7.69. The SMILES string of the molecule is CCC(CC)(OC)C(N)CC1CCOc2ccccc21. The lowest BCUT2D eigenvalue weighted by atomic mass is 9.79. The van der Waals surface area contributed by atoms with Crippen LogP contribution in [0.15, 0.2) is 24.3 Å². The molecule has 0 bridgehead atoms. The third kappa shape index (κ3) is 2.84. The number of hydrogen-bond acceptors (Lipinski definition) is 3. The normalized spacial score (nSPS) is 20.1. The van der Waals surface area contributed by atoms with E-state index in [1.807, 2.05) is 6.07 Å². The van der Waals surface area contributed by atoms with Gasteiger partial charge < -0.3 is 15.2 Å². The summed E-state index contributed by atoms with van der Waals surface area (Å²) in [6, 6.07) is 8.38. The maximum atomic E-state index is 6.51. The van der Waals surface area contributed by atoms with Gasteiger partial charge in [0.15, 0.2) is 0 Å². The molecule has 0 aromatic heterocycles. The molecule has 1 aliphatic rings. The van der Waals surface area contributed by atoms with E-state index >= 15 is 0 Å². The minimum absolute atomic E-state index is 0.0543. The van der Waals surface area contributed by atoms with Crippen molar-refractivity contribution in [1.82, 2.24) is 0 Å². The average molecular weight is 277 g/mol. The molecule has 2 rings (SSSR count). The summed E-state index contributed by atoms with van der Waals surface area (Å²) in [6.45, 7) is 5.10. The van der Waals surface area contributed by atoms with E-state index in [0.717, 1.165) is 38.0 Å². The number of para-hydroxylation sites is 1. The van der Waals surface area contributed by atoms with E-state index in [0.29, 0.717) is 5.92 Å².